The molecule has 0 radical (unpaired) electrons. The highest BCUT2D eigenvalue weighted by Crippen LogP contribution is 2.24. The molecule has 1 aliphatic rings. The molecule has 1 amide bonds. The summed E-state index contributed by atoms with van der Waals surface area (Å²) in [5.41, 5.74) is 1.72. The Labute approximate surface area is 154 Å². The molecule has 1 N–H and O–H groups in total. The zero-order valence-corrected chi connectivity index (χ0v) is 15.4. The van der Waals surface area contributed by atoms with E-state index in [9.17, 15) is 4.79 Å². The number of hydrogen-bond acceptors (Lipinski definition) is 4. The van der Waals surface area contributed by atoms with Crippen molar-refractivity contribution < 1.29 is 14.3 Å². The van der Waals surface area contributed by atoms with Gasteiger partial charge in [0.25, 0.3) is 5.91 Å². The molecule has 1 fully saturated rings. The third kappa shape index (κ3) is 4.75. The van der Waals surface area contributed by atoms with Gasteiger partial charge in [-0.25, -0.2) is 4.98 Å². The maximum atomic E-state index is 12.6. The van der Waals surface area contributed by atoms with Crippen LogP contribution in [0.5, 0.6) is 11.6 Å². The summed E-state index contributed by atoms with van der Waals surface area (Å²) in [5, 5.41) is 3.14. The number of nitrogens with one attached hydrogen (secondary N) is 1. The monoisotopic (exact) mass is 354 g/mol. The first-order chi connectivity index (χ1) is 12.7. The third-order valence-corrected chi connectivity index (χ3v) is 4.61. The van der Waals surface area contributed by atoms with Gasteiger partial charge in [0.05, 0.1) is 12.2 Å². The van der Waals surface area contributed by atoms with Crippen LogP contribution in [0.3, 0.4) is 0 Å². The molecule has 1 aliphatic carbocycles. The van der Waals surface area contributed by atoms with Crippen LogP contribution in [0, 0.1) is 6.92 Å². The van der Waals surface area contributed by atoms with Gasteiger partial charge in [-0.2, -0.15) is 0 Å². The lowest BCUT2D eigenvalue weighted by Crippen LogP contribution is -2.39. The number of ether oxygens (including phenoxy) is 2. The van der Waals surface area contributed by atoms with E-state index in [0.29, 0.717) is 23.8 Å². The summed E-state index contributed by atoms with van der Waals surface area (Å²) in [4.78, 5) is 16.9. The van der Waals surface area contributed by atoms with Gasteiger partial charge in [-0.1, -0.05) is 18.2 Å². The summed E-state index contributed by atoms with van der Waals surface area (Å²) < 4.78 is 11.5. The van der Waals surface area contributed by atoms with Gasteiger partial charge in [0.1, 0.15) is 11.9 Å². The number of carbonyl (C=O) groups excluding carboxylic acids is 1. The van der Waals surface area contributed by atoms with Crippen molar-refractivity contribution in [3.05, 3.63) is 53.7 Å². The van der Waals surface area contributed by atoms with E-state index in [2.05, 4.69) is 10.3 Å². The molecule has 1 aromatic carbocycles. The van der Waals surface area contributed by atoms with E-state index in [1.165, 1.54) is 0 Å². The molecule has 0 spiro atoms. The second-order valence-corrected chi connectivity index (χ2v) is 6.67. The molecule has 138 valence electrons. The Hall–Kier alpha value is -2.56. The Morgan fingerprint density at radius 1 is 1.15 bits per heavy atom. The van der Waals surface area contributed by atoms with Gasteiger partial charge in [-0.15, -0.1) is 0 Å². The van der Waals surface area contributed by atoms with E-state index in [1.807, 2.05) is 50.4 Å². The Morgan fingerprint density at radius 3 is 2.62 bits per heavy atom. The van der Waals surface area contributed by atoms with Crippen molar-refractivity contribution in [3.8, 4) is 11.6 Å². The van der Waals surface area contributed by atoms with Crippen LogP contribution in [-0.4, -0.2) is 29.6 Å². The van der Waals surface area contributed by atoms with Crippen LogP contribution in [0.2, 0.25) is 0 Å². The van der Waals surface area contributed by atoms with Crippen LogP contribution in [0.15, 0.2) is 42.6 Å². The van der Waals surface area contributed by atoms with Gasteiger partial charge in [0.15, 0.2) is 0 Å². The predicted molar refractivity (Wildman–Crippen MR) is 101 cm³/mol. The SMILES string of the molecule is CCOc1ccccc1C(=O)NC1CCC(Oc2ccc(C)cn2)CC1. The molecule has 1 heterocycles. The lowest BCUT2D eigenvalue weighted by atomic mass is 9.92. The zero-order chi connectivity index (χ0) is 18.4. The highest BCUT2D eigenvalue weighted by Gasteiger charge is 2.25. The van der Waals surface area contributed by atoms with Gasteiger partial charge >= 0.3 is 0 Å². The van der Waals surface area contributed by atoms with E-state index in [4.69, 9.17) is 9.47 Å². The number of para-hydroxylation sites is 1. The minimum atomic E-state index is -0.0707. The fraction of sp³-hybridized carbons (Fsp3) is 0.429. The summed E-state index contributed by atoms with van der Waals surface area (Å²) in [6, 6.07) is 11.5. The maximum absolute atomic E-state index is 12.6. The number of aromatic nitrogens is 1. The lowest BCUT2D eigenvalue weighted by molar-refractivity contribution is 0.0886. The quantitative estimate of drug-likeness (QED) is 0.854. The van der Waals surface area contributed by atoms with Crippen molar-refractivity contribution in [2.45, 2.75) is 51.7 Å². The van der Waals surface area contributed by atoms with Gasteiger partial charge < -0.3 is 14.8 Å². The van der Waals surface area contributed by atoms with Gasteiger partial charge in [-0.3, -0.25) is 4.79 Å². The Kier molecular flexibility index (Phi) is 6.10. The molecule has 1 saturated carbocycles. The van der Waals surface area contributed by atoms with Crippen molar-refractivity contribution in [2.75, 3.05) is 6.61 Å². The summed E-state index contributed by atoms with van der Waals surface area (Å²) in [7, 11) is 0. The van der Waals surface area contributed by atoms with Gasteiger partial charge in [-0.05, 0) is 57.2 Å². The molecular weight excluding hydrogens is 328 g/mol. The van der Waals surface area contributed by atoms with E-state index in [1.54, 1.807) is 6.07 Å². The molecule has 5 heteroatoms. The fourth-order valence-corrected chi connectivity index (χ4v) is 3.22. The fourth-order valence-electron chi connectivity index (χ4n) is 3.22. The van der Waals surface area contributed by atoms with E-state index in [0.717, 1.165) is 31.2 Å². The van der Waals surface area contributed by atoms with Crippen molar-refractivity contribution in [1.29, 1.82) is 0 Å². The van der Waals surface area contributed by atoms with E-state index >= 15 is 0 Å². The van der Waals surface area contributed by atoms with Crippen LogP contribution in [0.4, 0.5) is 0 Å². The number of carbonyl (C=O) groups is 1. The van der Waals surface area contributed by atoms with Crippen molar-refractivity contribution in [1.82, 2.24) is 10.3 Å². The number of pyridine rings is 1. The normalized spacial score (nSPS) is 19.6. The molecule has 0 atom stereocenters. The van der Waals surface area contributed by atoms with Crippen LogP contribution < -0.4 is 14.8 Å². The standard InChI is InChI=1S/C21H26N2O3/c1-3-25-19-7-5-4-6-18(19)21(24)23-16-9-11-17(12-10-16)26-20-13-8-15(2)14-22-20/h4-8,13-14,16-17H,3,9-12H2,1-2H3,(H,23,24). The number of hydrogen-bond donors (Lipinski definition) is 1. The molecule has 0 saturated heterocycles. The highest BCUT2D eigenvalue weighted by molar-refractivity contribution is 5.97. The summed E-state index contributed by atoms with van der Waals surface area (Å²) >= 11 is 0. The first-order valence-corrected chi connectivity index (χ1v) is 9.27. The first kappa shape index (κ1) is 18.2. The van der Waals surface area contributed by atoms with E-state index < -0.39 is 0 Å². The molecular formula is C21H26N2O3. The third-order valence-electron chi connectivity index (χ3n) is 4.61. The minimum Gasteiger partial charge on any atom is -0.493 e. The van der Waals surface area contributed by atoms with E-state index in [-0.39, 0.29) is 18.1 Å². The van der Waals surface area contributed by atoms with Gasteiger partial charge in [0.2, 0.25) is 5.88 Å². The number of amides is 1. The van der Waals surface area contributed by atoms with Crippen molar-refractivity contribution in [3.63, 3.8) is 0 Å². The molecule has 3 rings (SSSR count). The summed E-state index contributed by atoms with van der Waals surface area (Å²) in [6.45, 7) is 4.47. The summed E-state index contributed by atoms with van der Waals surface area (Å²) in [6.07, 6.45) is 5.60. The first-order valence-electron chi connectivity index (χ1n) is 9.27. The smallest absolute Gasteiger partial charge is 0.255 e. The molecule has 0 aliphatic heterocycles. The molecule has 1 aromatic heterocycles. The number of nitrogens with zero attached hydrogens (tertiary/aromatic N) is 1. The number of rotatable bonds is 6. The average molecular weight is 354 g/mol. The maximum Gasteiger partial charge on any atom is 0.255 e. The molecule has 5 nitrogen and oxygen atoms in total. The molecule has 26 heavy (non-hydrogen) atoms. The predicted octanol–water partition coefficient (Wildman–Crippen LogP) is 3.91. The largest absolute Gasteiger partial charge is 0.493 e. The van der Waals surface area contributed by atoms with Crippen LogP contribution in [0.25, 0.3) is 0 Å². The average Bonchev–Trinajstić information content (AvgIpc) is 2.66. The second-order valence-electron chi connectivity index (χ2n) is 6.67. The highest BCUT2D eigenvalue weighted by atomic mass is 16.5. The topological polar surface area (TPSA) is 60.5 Å². The molecule has 0 unspecified atom stereocenters. The minimum absolute atomic E-state index is 0.0707. The van der Waals surface area contributed by atoms with Crippen molar-refractivity contribution >= 4 is 5.91 Å². The Bertz CT molecular complexity index is 722. The van der Waals surface area contributed by atoms with Crippen molar-refractivity contribution in [2.24, 2.45) is 0 Å². The van der Waals surface area contributed by atoms with Crippen LogP contribution in [0.1, 0.15) is 48.5 Å². The number of aryl methyl sites for hydroxylation is 1. The van der Waals surface area contributed by atoms with Gasteiger partial charge in [0, 0.05) is 18.3 Å². The number of benzene rings is 1. The Morgan fingerprint density at radius 2 is 1.92 bits per heavy atom. The zero-order valence-electron chi connectivity index (χ0n) is 15.4. The van der Waals surface area contributed by atoms with Crippen LogP contribution >= 0.6 is 0 Å². The lowest BCUT2D eigenvalue weighted by Gasteiger charge is -2.29. The second kappa shape index (κ2) is 8.70. The summed E-state index contributed by atoms with van der Waals surface area (Å²) in [5.74, 6) is 1.24. The molecule has 2 aromatic rings. The Balaban J connectivity index is 1.51. The van der Waals surface area contributed by atoms with Crippen LogP contribution in [-0.2, 0) is 0 Å². The molecule has 0 bridgehead atoms.